The third kappa shape index (κ3) is 2.99. The Balaban J connectivity index is 2.04. The summed E-state index contributed by atoms with van der Waals surface area (Å²) in [7, 11) is -0.970. The van der Waals surface area contributed by atoms with Crippen LogP contribution in [0.5, 0.6) is 0 Å². The number of rotatable bonds is 2. The van der Waals surface area contributed by atoms with Crippen molar-refractivity contribution in [2.45, 2.75) is 69.8 Å². The summed E-state index contributed by atoms with van der Waals surface area (Å²) < 4.78 is 0. The molecular formula is C13H25BSi. The van der Waals surface area contributed by atoms with Crippen LogP contribution in [0.3, 0.4) is 0 Å². The summed E-state index contributed by atoms with van der Waals surface area (Å²) in [6, 6.07) is 0. The highest BCUT2D eigenvalue weighted by Gasteiger charge is 2.37. The van der Waals surface area contributed by atoms with Crippen LogP contribution in [0.2, 0.25) is 31.3 Å². The van der Waals surface area contributed by atoms with Gasteiger partial charge in [0.25, 0.3) is 0 Å². The molecule has 84 valence electrons. The Hall–Kier alpha value is 0.0218. The van der Waals surface area contributed by atoms with Crippen LogP contribution in [0.15, 0.2) is 11.7 Å². The van der Waals surface area contributed by atoms with Gasteiger partial charge in [-0.05, 0) is 0 Å². The lowest BCUT2D eigenvalue weighted by Crippen LogP contribution is -2.33. The van der Waals surface area contributed by atoms with Gasteiger partial charge in [-0.1, -0.05) is 69.8 Å². The minimum absolute atomic E-state index is 0.958. The summed E-state index contributed by atoms with van der Waals surface area (Å²) in [5, 5.41) is 0. The van der Waals surface area contributed by atoms with Gasteiger partial charge in [-0.3, -0.25) is 0 Å². The molecule has 0 aromatic heterocycles. The highest BCUT2D eigenvalue weighted by molar-refractivity contribution is 6.82. The van der Waals surface area contributed by atoms with Crippen LogP contribution >= 0.6 is 0 Å². The van der Waals surface area contributed by atoms with E-state index in [4.69, 9.17) is 0 Å². The van der Waals surface area contributed by atoms with Crippen molar-refractivity contribution in [1.29, 1.82) is 0 Å². The smallest absolute Gasteiger partial charge is 0.122 e. The predicted octanol–water partition coefficient (Wildman–Crippen LogP) is 4.56. The minimum Gasteiger partial charge on any atom is -0.122 e. The van der Waals surface area contributed by atoms with Gasteiger partial charge in [0.2, 0.25) is 0 Å². The van der Waals surface area contributed by atoms with Gasteiger partial charge in [-0.15, -0.1) is 11.7 Å². The monoisotopic (exact) mass is 220 g/mol. The van der Waals surface area contributed by atoms with Crippen molar-refractivity contribution in [2.24, 2.45) is 0 Å². The molecule has 0 aliphatic carbocycles. The summed E-state index contributed by atoms with van der Waals surface area (Å²) in [6.07, 6.45) is 9.06. The quantitative estimate of drug-likeness (QED) is 0.598. The Morgan fingerprint density at radius 1 is 0.933 bits per heavy atom. The second-order valence-corrected chi connectivity index (χ2v) is 11.7. The van der Waals surface area contributed by atoms with Gasteiger partial charge >= 0.3 is 0 Å². The first-order valence-electron chi connectivity index (χ1n) is 6.76. The predicted molar refractivity (Wildman–Crippen MR) is 73.4 cm³/mol. The van der Waals surface area contributed by atoms with E-state index in [2.05, 4.69) is 31.3 Å². The third-order valence-corrected chi connectivity index (χ3v) is 5.40. The SMILES string of the molecule is C[Si](C)(C)C=CB1C2CCCC1CCC2. The van der Waals surface area contributed by atoms with Crippen LogP contribution in [0.1, 0.15) is 38.5 Å². The largest absolute Gasteiger partial charge is 0.171 e. The fourth-order valence-corrected chi connectivity index (χ4v) is 4.24. The van der Waals surface area contributed by atoms with Gasteiger partial charge in [0.05, 0.1) is 8.07 Å². The Morgan fingerprint density at radius 3 is 1.80 bits per heavy atom. The summed E-state index contributed by atoms with van der Waals surface area (Å²) in [6.45, 7) is 8.30. The van der Waals surface area contributed by atoms with Crippen LogP contribution in [0.4, 0.5) is 0 Å². The molecule has 2 saturated heterocycles. The lowest BCUT2D eigenvalue weighted by atomic mass is 9.27. The van der Waals surface area contributed by atoms with Gasteiger partial charge in [0.1, 0.15) is 0 Å². The van der Waals surface area contributed by atoms with E-state index >= 15 is 0 Å². The summed E-state index contributed by atoms with van der Waals surface area (Å²) >= 11 is 0. The van der Waals surface area contributed by atoms with E-state index < -0.39 is 8.07 Å². The molecule has 0 amide bonds. The van der Waals surface area contributed by atoms with E-state index in [0.717, 1.165) is 18.3 Å². The van der Waals surface area contributed by atoms with Crippen molar-refractivity contribution in [3.05, 3.63) is 11.7 Å². The van der Waals surface area contributed by atoms with Gasteiger partial charge in [0, 0.05) is 0 Å². The fourth-order valence-electron chi connectivity index (χ4n) is 3.44. The van der Waals surface area contributed by atoms with Crippen molar-refractivity contribution < 1.29 is 0 Å². The summed E-state index contributed by atoms with van der Waals surface area (Å²) in [5.74, 6) is 4.72. The van der Waals surface area contributed by atoms with E-state index in [0.29, 0.717) is 0 Å². The molecule has 2 aliphatic heterocycles. The summed E-state index contributed by atoms with van der Waals surface area (Å²) in [4.78, 5) is 0. The number of hydrogen-bond acceptors (Lipinski definition) is 0. The molecule has 0 aromatic rings. The van der Waals surface area contributed by atoms with Crippen LogP contribution in [-0.2, 0) is 0 Å². The Morgan fingerprint density at radius 2 is 1.40 bits per heavy atom. The molecule has 2 rings (SSSR count). The minimum atomic E-state index is -0.970. The topological polar surface area (TPSA) is 0 Å². The van der Waals surface area contributed by atoms with E-state index in [-0.39, 0.29) is 0 Å². The molecule has 0 aromatic carbocycles. The highest BCUT2D eigenvalue weighted by atomic mass is 28.3. The van der Waals surface area contributed by atoms with E-state index in [1.807, 2.05) is 0 Å². The maximum atomic E-state index is 2.62. The first-order chi connectivity index (χ1) is 7.06. The molecule has 0 unspecified atom stereocenters. The van der Waals surface area contributed by atoms with Crippen LogP contribution in [-0.4, -0.2) is 14.8 Å². The molecule has 0 saturated carbocycles. The fraction of sp³-hybridized carbons (Fsp3) is 0.846. The summed E-state index contributed by atoms with van der Waals surface area (Å²) in [5.41, 5.74) is 2.59. The highest BCUT2D eigenvalue weighted by Crippen LogP contribution is 2.46. The zero-order chi connectivity index (χ0) is 10.9. The first kappa shape index (κ1) is 11.5. The van der Waals surface area contributed by atoms with E-state index in [9.17, 15) is 0 Å². The average Bonchev–Trinajstić information content (AvgIpc) is 2.12. The van der Waals surface area contributed by atoms with Gasteiger partial charge in [-0.2, -0.15) is 0 Å². The molecule has 2 fully saturated rings. The van der Waals surface area contributed by atoms with Crippen molar-refractivity contribution in [1.82, 2.24) is 0 Å². The normalized spacial score (nSPS) is 32.3. The molecule has 0 radical (unpaired) electrons. The van der Waals surface area contributed by atoms with Gasteiger partial charge < -0.3 is 0 Å². The molecule has 2 heterocycles. The molecule has 2 bridgehead atoms. The van der Waals surface area contributed by atoms with Crippen molar-refractivity contribution >= 4 is 14.8 Å². The zero-order valence-corrected chi connectivity index (χ0v) is 11.6. The molecule has 0 N–H and O–H groups in total. The average molecular weight is 220 g/mol. The Kier molecular flexibility index (Phi) is 3.44. The van der Waals surface area contributed by atoms with E-state index in [1.54, 1.807) is 0 Å². The van der Waals surface area contributed by atoms with Crippen molar-refractivity contribution in [2.75, 3.05) is 0 Å². The maximum absolute atomic E-state index is 2.62. The molecule has 2 aliphatic rings. The molecule has 0 spiro atoms. The standard InChI is InChI=1S/C13H25BSi/c1-15(2,3)11-10-14-12-6-4-7-13(14)9-5-8-12/h10-13H,4-9H2,1-3H3. The maximum Gasteiger partial charge on any atom is 0.171 e. The van der Waals surface area contributed by atoms with Crippen LogP contribution < -0.4 is 0 Å². The number of hydrogen-bond donors (Lipinski definition) is 0. The zero-order valence-electron chi connectivity index (χ0n) is 10.6. The lowest BCUT2D eigenvalue weighted by Gasteiger charge is -2.39. The van der Waals surface area contributed by atoms with E-state index in [1.165, 1.54) is 38.5 Å². The first-order valence-corrected chi connectivity index (χ1v) is 10.3. The number of fused-ring (bicyclic) bond motifs is 2. The molecular weight excluding hydrogens is 195 g/mol. The molecule has 0 nitrogen and oxygen atoms in total. The second kappa shape index (κ2) is 4.49. The molecule has 0 atom stereocenters. The second-order valence-electron chi connectivity index (χ2n) is 6.68. The molecule has 2 heteroatoms. The molecule has 15 heavy (non-hydrogen) atoms. The van der Waals surface area contributed by atoms with Gasteiger partial charge in [-0.25, -0.2) is 0 Å². The Bertz CT molecular complexity index is 219. The lowest BCUT2D eigenvalue weighted by molar-refractivity contribution is 0.447. The van der Waals surface area contributed by atoms with Crippen LogP contribution in [0.25, 0.3) is 0 Å². The van der Waals surface area contributed by atoms with Crippen molar-refractivity contribution in [3.63, 3.8) is 0 Å². The van der Waals surface area contributed by atoms with Crippen LogP contribution in [0, 0.1) is 0 Å². The third-order valence-electron chi connectivity index (χ3n) is 4.21. The van der Waals surface area contributed by atoms with Crippen molar-refractivity contribution in [3.8, 4) is 0 Å². The van der Waals surface area contributed by atoms with Gasteiger partial charge in [0.15, 0.2) is 6.71 Å². The Labute approximate surface area is 96.6 Å².